The molecular weight excluding hydrogens is 790 g/mol. The highest BCUT2D eigenvalue weighted by molar-refractivity contribution is 6.29. The lowest BCUT2D eigenvalue weighted by atomic mass is 10.1. The van der Waals surface area contributed by atoms with Gasteiger partial charge >= 0.3 is 11.4 Å². The second-order valence-corrected chi connectivity index (χ2v) is 12.9. The van der Waals surface area contributed by atoms with Gasteiger partial charge in [-0.15, -0.1) is 0 Å². The van der Waals surface area contributed by atoms with Gasteiger partial charge in [0.1, 0.15) is 35.1 Å². The first kappa shape index (κ1) is 40.9. The molecule has 4 aromatic heterocycles. The van der Waals surface area contributed by atoms with Gasteiger partial charge in [0.25, 0.3) is 0 Å². The zero-order chi connectivity index (χ0) is 42.4. The second-order valence-electron chi connectivity index (χ2n) is 12.5. The maximum absolute atomic E-state index is 13.9. The Labute approximate surface area is 338 Å². The number of nitrogen functional groups attached to an aromatic ring is 1. The van der Waals surface area contributed by atoms with E-state index in [1.54, 1.807) is 12.1 Å². The van der Waals surface area contributed by atoms with E-state index >= 15 is 0 Å². The highest BCUT2D eigenvalue weighted by Crippen LogP contribution is 2.35. The molecule has 8 aromatic rings. The highest BCUT2D eigenvalue weighted by atomic mass is 35.5. The third-order valence-electron chi connectivity index (χ3n) is 8.87. The van der Waals surface area contributed by atoms with E-state index in [4.69, 9.17) is 22.1 Å². The minimum absolute atomic E-state index is 0.0376. The summed E-state index contributed by atoms with van der Waals surface area (Å²) in [6.45, 7) is 0. The molecule has 0 amide bonds. The molecule has 0 aliphatic heterocycles. The lowest BCUT2D eigenvalue weighted by Crippen LogP contribution is -2.01. The first-order valence-corrected chi connectivity index (χ1v) is 17.6. The van der Waals surface area contributed by atoms with Gasteiger partial charge in [-0.05, 0) is 12.1 Å². The number of rotatable bonds is 8. The molecule has 0 unspecified atom stereocenters. The number of ether oxygens (including phenoxy) is 2. The summed E-state index contributed by atoms with van der Waals surface area (Å²) in [5.74, 6) is -1.34. The molecule has 0 radical (unpaired) electrons. The Balaban J connectivity index is 0.000000165. The number of halogens is 3. The zero-order valence-corrected chi connectivity index (χ0v) is 32.4. The average Bonchev–Trinajstić information content (AvgIpc) is 3.75. The summed E-state index contributed by atoms with van der Waals surface area (Å²) in [6, 6.07) is 23.5. The third kappa shape index (κ3) is 8.97. The van der Waals surface area contributed by atoms with Crippen LogP contribution in [0.4, 0.5) is 37.3 Å². The molecule has 8 rings (SSSR count). The Morgan fingerprint density at radius 1 is 0.695 bits per heavy atom. The number of aromatic nitrogens is 6. The lowest BCUT2D eigenvalue weighted by Gasteiger charge is -2.11. The van der Waals surface area contributed by atoms with E-state index < -0.39 is 32.9 Å². The van der Waals surface area contributed by atoms with Crippen LogP contribution < -0.4 is 20.5 Å². The quantitative estimate of drug-likeness (QED) is 0.0638. The van der Waals surface area contributed by atoms with Crippen molar-refractivity contribution in [3.63, 3.8) is 0 Å². The first-order valence-electron chi connectivity index (χ1n) is 17.2. The van der Waals surface area contributed by atoms with E-state index in [9.17, 15) is 29.0 Å². The molecule has 0 aliphatic rings. The number of aryl methyl sites for hydroxylation is 2. The van der Waals surface area contributed by atoms with Gasteiger partial charge in [-0.3, -0.25) is 20.2 Å². The van der Waals surface area contributed by atoms with Gasteiger partial charge in [-0.2, -0.15) is 8.78 Å². The molecule has 16 nitrogen and oxygen atoms in total. The number of hydrogen-bond donors (Lipinski definition) is 2. The van der Waals surface area contributed by atoms with Crippen molar-refractivity contribution in [2.45, 2.75) is 0 Å². The van der Waals surface area contributed by atoms with Crippen LogP contribution in [0.15, 0.2) is 110 Å². The minimum Gasteiger partial charge on any atom is -0.494 e. The van der Waals surface area contributed by atoms with Crippen molar-refractivity contribution in [1.82, 2.24) is 29.1 Å². The van der Waals surface area contributed by atoms with E-state index in [2.05, 4.69) is 52.9 Å². The molecule has 0 bridgehead atoms. The highest BCUT2D eigenvalue weighted by Gasteiger charge is 2.20. The maximum Gasteiger partial charge on any atom is 0.307 e. The Kier molecular flexibility index (Phi) is 12.2. The Morgan fingerprint density at radius 2 is 1.19 bits per heavy atom. The first-order chi connectivity index (χ1) is 28.3. The van der Waals surface area contributed by atoms with Crippen molar-refractivity contribution in [2.24, 2.45) is 14.1 Å². The van der Waals surface area contributed by atoms with Crippen LogP contribution >= 0.6 is 11.6 Å². The molecule has 0 saturated heterocycles. The number of nitrogens with two attached hydrogens (primary N) is 1. The molecule has 300 valence electrons. The summed E-state index contributed by atoms with van der Waals surface area (Å²) in [7, 11) is 6.63. The predicted octanol–water partition coefficient (Wildman–Crippen LogP) is 9.05. The van der Waals surface area contributed by atoms with Gasteiger partial charge < -0.3 is 29.7 Å². The van der Waals surface area contributed by atoms with E-state index in [-0.39, 0.29) is 22.9 Å². The number of anilines is 3. The van der Waals surface area contributed by atoms with Gasteiger partial charge in [0, 0.05) is 95.8 Å². The number of nitro groups is 2. The van der Waals surface area contributed by atoms with Crippen molar-refractivity contribution in [1.29, 1.82) is 0 Å². The van der Waals surface area contributed by atoms with Crippen LogP contribution in [0.1, 0.15) is 0 Å². The van der Waals surface area contributed by atoms with Crippen LogP contribution in [-0.2, 0) is 14.1 Å². The normalized spacial score (nSPS) is 10.6. The number of benzene rings is 4. The van der Waals surface area contributed by atoms with Crippen molar-refractivity contribution in [3.05, 3.63) is 147 Å². The van der Waals surface area contributed by atoms with Crippen LogP contribution in [0.25, 0.3) is 44.3 Å². The van der Waals surface area contributed by atoms with Crippen molar-refractivity contribution in [2.75, 3.05) is 25.3 Å². The molecule has 0 aliphatic carbocycles. The predicted molar refractivity (Wildman–Crippen MR) is 220 cm³/mol. The van der Waals surface area contributed by atoms with Gasteiger partial charge in [0.15, 0.2) is 0 Å². The fourth-order valence-electron chi connectivity index (χ4n) is 6.11. The number of nitrogens with one attached hydrogen (secondary N) is 1. The van der Waals surface area contributed by atoms with Crippen LogP contribution in [-0.4, -0.2) is 53.1 Å². The van der Waals surface area contributed by atoms with Crippen LogP contribution in [0, 0.1) is 31.9 Å². The van der Waals surface area contributed by atoms with Crippen LogP contribution in [0.5, 0.6) is 11.5 Å². The van der Waals surface area contributed by atoms with E-state index in [0.29, 0.717) is 16.7 Å². The van der Waals surface area contributed by atoms with Gasteiger partial charge in [-0.25, -0.2) is 19.9 Å². The molecule has 0 atom stereocenters. The fraction of sp³-hybridized carbons (Fsp3) is 0.100. The summed E-state index contributed by atoms with van der Waals surface area (Å²) in [5.41, 5.74) is 10.1. The zero-order valence-electron chi connectivity index (χ0n) is 31.6. The lowest BCUT2D eigenvalue weighted by molar-refractivity contribution is -0.387. The number of hydrogen-bond acceptors (Lipinski definition) is 12. The van der Waals surface area contributed by atoms with Crippen LogP contribution in [0.2, 0.25) is 5.15 Å². The summed E-state index contributed by atoms with van der Waals surface area (Å²) in [4.78, 5) is 36.4. The van der Waals surface area contributed by atoms with Gasteiger partial charge in [-0.1, -0.05) is 48.0 Å². The SMILES string of the molecule is COc1cc(F)c([N+](=O)[O-])cc1N.COc1cc(F)c([N+](=O)[O-])cc1Nc1cc(-c2cn(C)c3ccccc23)ncn1.Cn1cc(-c2cc(Cl)ncn2)c2ccccc21. The van der Waals surface area contributed by atoms with Crippen molar-refractivity contribution in [3.8, 4) is 34.0 Å². The number of fused-ring (bicyclic) bond motifs is 2. The molecule has 4 heterocycles. The Morgan fingerprint density at radius 3 is 1.71 bits per heavy atom. The van der Waals surface area contributed by atoms with Gasteiger partial charge in [0.2, 0.25) is 11.6 Å². The standard InChI is InChI=1S/C20H16FN5O3.C13H10ClN3.C7H7FN2O3/c1-25-10-13(12-5-3-4-6-17(12)25)15-9-20(23-11-22-15)24-16-8-18(26(27)28)14(21)7-19(16)29-2;1-17-7-10(9-4-2-3-5-12(9)17)11-6-13(14)16-8-15-11;1-13-7-2-4(8)6(10(11)12)3-5(7)9/h3-11H,1-2H3,(H,22,23,24);2-8H,1H3;2-3H,9H2,1H3. The fourth-order valence-corrected chi connectivity index (χ4v) is 6.26. The van der Waals surface area contributed by atoms with Crippen LogP contribution in [0.3, 0.4) is 0 Å². The number of para-hydroxylation sites is 2. The molecular formula is C40H33ClF2N10O6. The summed E-state index contributed by atoms with van der Waals surface area (Å²) in [6.07, 6.45) is 6.91. The minimum atomic E-state index is -0.975. The third-order valence-corrected chi connectivity index (χ3v) is 9.08. The summed E-state index contributed by atoms with van der Waals surface area (Å²) >= 11 is 5.89. The average molecular weight is 823 g/mol. The maximum atomic E-state index is 13.9. The molecule has 59 heavy (non-hydrogen) atoms. The molecule has 0 saturated carbocycles. The summed E-state index contributed by atoms with van der Waals surface area (Å²) in [5, 5.41) is 26.9. The smallest absolute Gasteiger partial charge is 0.307 e. The number of methoxy groups -OCH3 is 2. The molecule has 3 N–H and O–H groups in total. The molecule has 0 spiro atoms. The molecule has 19 heteroatoms. The Bertz CT molecular complexity index is 2850. The molecule has 0 fully saturated rings. The Hall–Kier alpha value is -7.73. The second kappa shape index (κ2) is 17.6. The van der Waals surface area contributed by atoms with E-state index in [0.717, 1.165) is 52.0 Å². The largest absolute Gasteiger partial charge is 0.494 e. The topological polar surface area (TPSA) is 204 Å². The van der Waals surface area contributed by atoms with Crippen molar-refractivity contribution >= 4 is 62.0 Å². The van der Waals surface area contributed by atoms with E-state index in [1.807, 2.05) is 61.3 Å². The number of nitrogens with zero attached hydrogens (tertiary/aromatic N) is 8. The summed E-state index contributed by atoms with van der Waals surface area (Å²) < 4.78 is 40.7. The molecule has 4 aromatic carbocycles. The van der Waals surface area contributed by atoms with E-state index in [1.165, 1.54) is 37.8 Å². The van der Waals surface area contributed by atoms with Crippen molar-refractivity contribution < 1.29 is 28.1 Å². The number of nitro benzene ring substituents is 2. The monoisotopic (exact) mass is 822 g/mol. The van der Waals surface area contributed by atoms with Gasteiger partial charge in [0.05, 0.1) is 46.8 Å².